The van der Waals surface area contributed by atoms with Gasteiger partial charge in [-0.25, -0.2) is 4.98 Å². The van der Waals surface area contributed by atoms with Crippen LogP contribution in [0.25, 0.3) is 10.2 Å². The first-order valence-electron chi connectivity index (χ1n) is 6.19. The number of rotatable bonds is 4. The fourth-order valence-corrected chi connectivity index (χ4v) is 3.32. The number of hydrogen-bond acceptors (Lipinski definition) is 5. The Balaban J connectivity index is 2.71. The largest absolute Gasteiger partial charge is 0.327 e. The highest BCUT2D eigenvalue weighted by Crippen LogP contribution is 2.38. The van der Waals surface area contributed by atoms with E-state index in [-0.39, 0.29) is 28.5 Å². The lowest BCUT2D eigenvalue weighted by Gasteiger charge is -2.24. The Morgan fingerprint density at radius 2 is 2.05 bits per heavy atom. The van der Waals surface area contributed by atoms with E-state index in [2.05, 4.69) is 4.98 Å². The zero-order valence-corrected chi connectivity index (χ0v) is 12.0. The molecular formula is C13H17N3O2S. The summed E-state index contributed by atoms with van der Waals surface area (Å²) in [5, 5.41) is 11.4. The number of fused-ring (bicyclic) bond motifs is 1. The lowest BCUT2D eigenvalue weighted by atomic mass is 9.82. The van der Waals surface area contributed by atoms with E-state index in [1.165, 1.54) is 11.3 Å². The number of nitro benzene ring substituents is 1. The second kappa shape index (κ2) is 5.22. The fraction of sp³-hybridized carbons (Fsp3) is 0.462. The zero-order valence-electron chi connectivity index (χ0n) is 11.2. The zero-order chi connectivity index (χ0) is 14.2. The van der Waals surface area contributed by atoms with Gasteiger partial charge < -0.3 is 5.73 Å². The first kappa shape index (κ1) is 13.9. The van der Waals surface area contributed by atoms with Gasteiger partial charge in [-0.3, -0.25) is 10.1 Å². The maximum Gasteiger partial charge on any atom is 0.299 e. The van der Waals surface area contributed by atoms with Gasteiger partial charge in [0, 0.05) is 17.5 Å². The van der Waals surface area contributed by atoms with Gasteiger partial charge >= 0.3 is 0 Å². The Labute approximate surface area is 115 Å². The summed E-state index contributed by atoms with van der Waals surface area (Å²) in [6.07, 6.45) is 0. The van der Waals surface area contributed by atoms with Crippen LogP contribution in [0.3, 0.4) is 0 Å². The van der Waals surface area contributed by atoms with Gasteiger partial charge in [-0.15, -0.1) is 11.3 Å². The molecule has 0 fully saturated rings. The Morgan fingerprint density at radius 3 is 2.58 bits per heavy atom. The number of hydrogen-bond donors (Lipinski definition) is 1. The summed E-state index contributed by atoms with van der Waals surface area (Å²) in [5.41, 5.74) is 8.92. The van der Waals surface area contributed by atoms with Gasteiger partial charge in [-0.2, -0.15) is 0 Å². The minimum atomic E-state index is -0.338. The smallest absolute Gasteiger partial charge is 0.299 e. The van der Waals surface area contributed by atoms with Crippen molar-refractivity contribution in [3.05, 3.63) is 33.3 Å². The van der Waals surface area contributed by atoms with E-state index in [0.29, 0.717) is 11.1 Å². The highest BCUT2D eigenvalue weighted by Gasteiger charge is 2.30. The first-order chi connectivity index (χ1) is 8.93. The van der Waals surface area contributed by atoms with Crippen LogP contribution in [0.5, 0.6) is 0 Å². The maximum absolute atomic E-state index is 11.4. The number of nitro groups is 1. The van der Waals surface area contributed by atoms with E-state index < -0.39 is 0 Å². The fourth-order valence-electron chi connectivity index (χ4n) is 2.64. The van der Waals surface area contributed by atoms with Gasteiger partial charge in [0.2, 0.25) is 0 Å². The quantitative estimate of drug-likeness (QED) is 0.687. The Bertz CT molecular complexity index is 599. The maximum atomic E-state index is 11.4. The van der Waals surface area contributed by atoms with Gasteiger partial charge in [0.05, 0.1) is 15.1 Å². The summed E-state index contributed by atoms with van der Waals surface area (Å²) >= 11 is 1.41. The monoisotopic (exact) mass is 279 g/mol. The minimum Gasteiger partial charge on any atom is -0.327 e. The molecule has 0 aliphatic carbocycles. The van der Waals surface area contributed by atoms with Crippen LogP contribution in [0.4, 0.5) is 5.69 Å². The van der Waals surface area contributed by atoms with Crippen molar-refractivity contribution in [3.8, 4) is 0 Å². The molecule has 0 aliphatic rings. The van der Waals surface area contributed by atoms with Crippen molar-refractivity contribution in [2.24, 2.45) is 11.7 Å². The standard InChI is InChI=1S/C13H17N3O2S/c1-7(2)11(8(3)14)9-4-5-10-12(15-6-19-10)13(9)16(17)18/h4-8,11H,14H2,1-3H3. The Kier molecular flexibility index (Phi) is 3.82. The van der Waals surface area contributed by atoms with E-state index in [1.54, 1.807) is 5.51 Å². The predicted molar refractivity (Wildman–Crippen MR) is 77.5 cm³/mol. The van der Waals surface area contributed by atoms with Crippen LogP contribution in [0.1, 0.15) is 32.3 Å². The van der Waals surface area contributed by atoms with Gasteiger partial charge in [0.1, 0.15) is 0 Å². The summed E-state index contributed by atoms with van der Waals surface area (Å²) in [7, 11) is 0. The minimum absolute atomic E-state index is 0.0495. The molecule has 2 unspecified atom stereocenters. The molecule has 5 nitrogen and oxygen atoms in total. The summed E-state index contributed by atoms with van der Waals surface area (Å²) in [6, 6.07) is 3.58. The lowest BCUT2D eigenvalue weighted by Crippen LogP contribution is -2.29. The van der Waals surface area contributed by atoms with Gasteiger partial charge in [-0.1, -0.05) is 19.9 Å². The predicted octanol–water partition coefficient (Wildman–Crippen LogP) is 3.29. The van der Waals surface area contributed by atoms with E-state index in [4.69, 9.17) is 5.73 Å². The van der Waals surface area contributed by atoms with Crippen molar-refractivity contribution in [3.63, 3.8) is 0 Å². The normalized spacial score (nSPS) is 14.8. The van der Waals surface area contributed by atoms with Crippen molar-refractivity contribution in [1.29, 1.82) is 0 Å². The number of thiazole rings is 1. The lowest BCUT2D eigenvalue weighted by molar-refractivity contribution is -0.384. The molecule has 0 amide bonds. The highest BCUT2D eigenvalue weighted by atomic mass is 32.1. The van der Waals surface area contributed by atoms with Crippen LogP contribution >= 0.6 is 11.3 Å². The van der Waals surface area contributed by atoms with Crippen molar-refractivity contribution >= 4 is 27.2 Å². The molecule has 6 heteroatoms. The number of aromatic nitrogens is 1. The molecule has 2 aromatic rings. The van der Waals surface area contributed by atoms with E-state index in [0.717, 1.165) is 4.70 Å². The molecule has 2 atom stereocenters. The van der Waals surface area contributed by atoms with E-state index in [9.17, 15) is 10.1 Å². The van der Waals surface area contributed by atoms with Crippen molar-refractivity contribution < 1.29 is 4.92 Å². The summed E-state index contributed by atoms with van der Waals surface area (Å²) in [6.45, 7) is 5.95. The molecule has 0 bridgehead atoms. The summed E-state index contributed by atoms with van der Waals surface area (Å²) in [4.78, 5) is 15.2. The van der Waals surface area contributed by atoms with Crippen LogP contribution in [0.15, 0.2) is 17.6 Å². The van der Waals surface area contributed by atoms with Gasteiger partial charge in [0.15, 0.2) is 5.52 Å². The molecule has 19 heavy (non-hydrogen) atoms. The summed E-state index contributed by atoms with van der Waals surface area (Å²) in [5.74, 6) is 0.182. The molecule has 0 saturated carbocycles. The number of nitrogens with two attached hydrogens (primary N) is 1. The Morgan fingerprint density at radius 1 is 1.37 bits per heavy atom. The third-order valence-electron chi connectivity index (χ3n) is 3.33. The van der Waals surface area contributed by atoms with Crippen LogP contribution < -0.4 is 5.73 Å². The topological polar surface area (TPSA) is 82.0 Å². The molecule has 0 aliphatic heterocycles. The molecule has 2 rings (SSSR count). The SMILES string of the molecule is CC(C)C(c1ccc2scnc2c1[N+](=O)[O-])C(C)N. The molecule has 1 aromatic heterocycles. The molecule has 2 N–H and O–H groups in total. The third-order valence-corrected chi connectivity index (χ3v) is 4.13. The third kappa shape index (κ3) is 2.46. The highest BCUT2D eigenvalue weighted by molar-refractivity contribution is 7.16. The molecule has 102 valence electrons. The molecule has 0 saturated heterocycles. The van der Waals surface area contributed by atoms with Gasteiger partial charge in [-0.05, 0) is 18.9 Å². The Hall–Kier alpha value is -1.53. The molecule has 0 radical (unpaired) electrons. The van der Waals surface area contributed by atoms with Crippen LogP contribution in [-0.4, -0.2) is 15.9 Å². The summed E-state index contributed by atoms with van der Waals surface area (Å²) < 4.78 is 0.836. The average Bonchev–Trinajstić information content (AvgIpc) is 2.74. The van der Waals surface area contributed by atoms with E-state index >= 15 is 0 Å². The molecule has 1 heterocycles. The van der Waals surface area contributed by atoms with Crippen LogP contribution in [-0.2, 0) is 0 Å². The average molecular weight is 279 g/mol. The molecular weight excluding hydrogens is 262 g/mol. The number of benzene rings is 1. The second-order valence-corrected chi connectivity index (χ2v) is 5.97. The van der Waals surface area contributed by atoms with Crippen LogP contribution in [0, 0.1) is 16.0 Å². The van der Waals surface area contributed by atoms with Gasteiger partial charge in [0.25, 0.3) is 5.69 Å². The van der Waals surface area contributed by atoms with E-state index in [1.807, 2.05) is 32.9 Å². The molecule has 0 spiro atoms. The van der Waals surface area contributed by atoms with Crippen molar-refractivity contribution in [2.45, 2.75) is 32.7 Å². The second-order valence-electron chi connectivity index (χ2n) is 5.09. The number of nitrogens with zero attached hydrogens (tertiary/aromatic N) is 2. The first-order valence-corrected chi connectivity index (χ1v) is 7.07. The van der Waals surface area contributed by atoms with Crippen molar-refractivity contribution in [2.75, 3.05) is 0 Å². The van der Waals surface area contributed by atoms with Crippen molar-refractivity contribution in [1.82, 2.24) is 4.98 Å². The van der Waals surface area contributed by atoms with Crippen LogP contribution in [0.2, 0.25) is 0 Å². The molecule has 1 aromatic carbocycles.